The Morgan fingerprint density at radius 1 is 1.00 bits per heavy atom. The van der Waals surface area contributed by atoms with Gasteiger partial charge in [-0.2, -0.15) is 23.3 Å². The Bertz CT molecular complexity index is 1850. The van der Waals surface area contributed by atoms with Crippen LogP contribution in [0.1, 0.15) is 51.9 Å². The molecule has 56 heavy (non-hydrogen) atoms. The van der Waals surface area contributed by atoms with Crippen LogP contribution in [-0.2, 0) is 18.9 Å². The van der Waals surface area contributed by atoms with Crippen LogP contribution < -0.4 is 55.0 Å². The average molecular weight is 798 g/mol. The second kappa shape index (κ2) is 22.7. The summed E-state index contributed by atoms with van der Waals surface area (Å²) >= 11 is 0. The molecule has 0 unspecified atom stereocenters. The van der Waals surface area contributed by atoms with E-state index in [1.165, 1.54) is 12.8 Å². The molecule has 4 heterocycles. The van der Waals surface area contributed by atoms with Gasteiger partial charge in [0.15, 0.2) is 12.6 Å². The Morgan fingerprint density at radius 3 is 2.38 bits per heavy atom. The van der Waals surface area contributed by atoms with Gasteiger partial charge in [0.2, 0.25) is 17.7 Å². The Labute approximate surface area is 350 Å². The van der Waals surface area contributed by atoms with Crippen molar-refractivity contribution in [2.24, 2.45) is 5.92 Å². The smallest absolute Gasteiger partial charge is 0.551 e. The summed E-state index contributed by atoms with van der Waals surface area (Å²) in [5, 5.41) is 15.0. The monoisotopic (exact) mass is 797 g/mol. The predicted molar refractivity (Wildman–Crippen MR) is 205 cm³/mol. The first kappa shape index (κ1) is 44.7. The summed E-state index contributed by atoms with van der Waals surface area (Å²) in [4.78, 5) is 55.8. The summed E-state index contributed by atoms with van der Waals surface area (Å²) in [6.07, 6.45) is 9.93. The molecule has 3 aliphatic rings. The van der Waals surface area contributed by atoms with E-state index in [2.05, 4.69) is 45.4 Å². The molecule has 294 valence electrons. The first-order valence-electron chi connectivity index (χ1n) is 18.1. The van der Waals surface area contributed by atoms with E-state index >= 15 is 0 Å². The van der Waals surface area contributed by atoms with Crippen LogP contribution in [0.2, 0.25) is 0 Å². The minimum absolute atomic E-state index is 0. The van der Waals surface area contributed by atoms with Gasteiger partial charge in [0.25, 0.3) is 0 Å². The number of hydrogen-bond acceptors (Lipinski definition) is 13. The van der Waals surface area contributed by atoms with Gasteiger partial charge in [-0.05, 0) is 62.8 Å². The molecule has 0 bridgehead atoms. The number of aromatic nitrogens is 4. The van der Waals surface area contributed by atoms with Gasteiger partial charge in [-0.3, -0.25) is 29.1 Å². The zero-order chi connectivity index (χ0) is 39.2. The van der Waals surface area contributed by atoms with E-state index in [0.717, 1.165) is 31.1 Å². The Morgan fingerprint density at radius 2 is 1.73 bits per heavy atom. The van der Waals surface area contributed by atoms with Gasteiger partial charge >= 0.3 is 38.2 Å². The molecule has 18 heteroatoms. The number of nitrogens with zero attached hydrogens (tertiary/aromatic N) is 6. The maximum Gasteiger partial charge on any atom is 1.00 e. The minimum Gasteiger partial charge on any atom is -0.551 e. The molecule has 0 atom stereocenters. The van der Waals surface area contributed by atoms with E-state index in [-0.39, 0.29) is 59.9 Å². The number of imide groups is 1. The number of ether oxygens (including phenoxy) is 2. The zero-order valence-electron chi connectivity index (χ0n) is 31.7. The van der Waals surface area contributed by atoms with Crippen molar-refractivity contribution in [1.29, 1.82) is 0 Å². The normalized spacial score (nSPS) is 18.4. The van der Waals surface area contributed by atoms with Crippen molar-refractivity contribution in [3.05, 3.63) is 80.0 Å². The quantitative estimate of drug-likeness (QED) is 0.0587. The van der Waals surface area contributed by atoms with Gasteiger partial charge in [-0.15, -0.1) is 22.3 Å². The van der Waals surface area contributed by atoms with Crippen molar-refractivity contribution >= 4 is 37.8 Å². The van der Waals surface area contributed by atoms with Gasteiger partial charge in [-0.1, -0.05) is 19.1 Å². The number of carbonyl (C=O) groups is 3. The molecule has 2 saturated heterocycles. The third-order valence-corrected chi connectivity index (χ3v) is 9.59. The van der Waals surface area contributed by atoms with Crippen LogP contribution in [0.15, 0.2) is 67.0 Å². The Kier molecular flexibility index (Phi) is 18.1. The summed E-state index contributed by atoms with van der Waals surface area (Å²) in [7, 11) is -2.53. The van der Waals surface area contributed by atoms with Crippen LogP contribution in [-0.4, -0.2) is 91.5 Å². The number of nitrogen functional groups attached to an aromatic ring is 1. The van der Waals surface area contributed by atoms with Crippen LogP contribution >= 0.6 is 8.60 Å². The summed E-state index contributed by atoms with van der Waals surface area (Å²) in [5.41, 5.74) is 8.45. The van der Waals surface area contributed by atoms with Gasteiger partial charge in [-0.25, -0.2) is 4.68 Å². The molecule has 3 amide bonds. The fourth-order valence-corrected chi connectivity index (χ4v) is 6.53. The van der Waals surface area contributed by atoms with Crippen LogP contribution in [0.4, 0.5) is 11.5 Å². The standard InChI is InChI=1S/C25H32N7O5P.C8H8O.C5H7NO2.Na/c1-17-6-8-18(9-7-17)30-10-11-31(24(33)15-30)19-13-27-32(14-19)22-12-21(28-29-25(22)26)20-4-2-3-5-23(20)36-16-37-38(34)35;1-2-9-8-6-4-3-5-7-8;7-4-2-1-3-5(8)6-4;/h2-5,12-14,17-18,34-35H,6-11,15-16H2,1H3,(H2,26,29);3-6H,1-2H2;1-3H2,(H,6,7,8);/q;-2;;+1. The molecule has 16 nitrogen and oxygen atoms in total. The molecule has 2 aromatic carbocycles. The first-order valence-corrected chi connectivity index (χ1v) is 19.2. The second-order valence-corrected chi connectivity index (χ2v) is 13.9. The molecule has 0 spiro atoms. The largest absolute Gasteiger partial charge is 1.00 e. The molecule has 4 aromatic rings. The zero-order valence-corrected chi connectivity index (χ0v) is 34.6. The molecule has 7 rings (SSSR count). The van der Waals surface area contributed by atoms with Gasteiger partial charge in [0, 0.05) is 43.3 Å². The van der Waals surface area contributed by atoms with Crippen molar-refractivity contribution in [2.75, 3.05) is 43.7 Å². The Balaban J connectivity index is 0.000000318. The van der Waals surface area contributed by atoms with E-state index in [1.54, 1.807) is 46.2 Å². The van der Waals surface area contributed by atoms with E-state index in [0.29, 0.717) is 73.4 Å². The number of nitrogens with two attached hydrogens (primary N) is 1. The second-order valence-electron chi connectivity index (χ2n) is 13.1. The summed E-state index contributed by atoms with van der Waals surface area (Å²) in [5.74, 6) is 1.93. The van der Waals surface area contributed by atoms with Crippen molar-refractivity contribution in [3.63, 3.8) is 0 Å². The van der Waals surface area contributed by atoms with Crippen LogP contribution in [0.5, 0.6) is 11.5 Å². The van der Waals surface area contributed by atoms with Crippen molar-refractivity contribution in [1.82, 2.24) is 30.2 Å². The van der Waals surface area contributed by atoms with E-state index in [9.17, 15) is 14.4 Å². The predicted octanol–water partition coefficient (Wildman–Crippen LogP) is 1.22. The number of benzene rings is 2. The number of rotatable bonds is 10. The van der Waals surface area contributed by atoms with Crippen LogP contribution in [0.3, 0.4) is 0 Å². The topological polar surface area (TPSA) is 207 Å². The minimum atomic E-state index is -2.53. The number of amides is 3. The summed E-state index contributed by atoms with van der Waals surface area (Å²) in [6.45, 7) is 7.84. The van der Waals surface area contributed by atoms with E-state index < -0.39 is 8.60 Å². The SMILES string of the molecule is CC1CCC(N2CCN(c3cnn(-c4cc(-c5ccccc5OCOP(O)O)nnc4N)c3)C(=O)C2)CC1.O=C1CCCC(=O)N1.[CH2-]COc1[c-]cccc1.[Na+]. The van der Waals surface area contributed by atoms with Gasteiger partial charge < -0.3 is 36.8 Å². The molecule has 2 aliphatic heterocycles. The van der Waals surface area contributed by atoms with Crippen LogP contribution in [0, 0.1) is 18.9 Å². The molecular formula is C38H47N8NaO8P-. The molecule has 3 fully saturated rings. The number of piperidine rings is 1. The average Bonchev–Trinajstić information content (AvgIpc) is 3.66. The summed E-state index contributed by atoms with van der Waals surface area (Å²) in [6, 6.07) is 19.7. The van der Waals surface area contributed by atoms with Crippen molar-refractivity contribution in [3.8, 4) is 28.4 Å². The number of nitrogens with one attached hydrogen (secondary N) is 1. The first-order chi connectivity index (χ1) is 26.6. The van der Waals surface area contributed by atoms with Gasteiger partial charge in [0.05, 0.1) is 30.3 Å². The number of anilines is 2. The fourth-order valence-electron chi connectivity index (χ4n) is 6.38. The molecular weight excluding hydrogens is 750 g/mol. The van der Waals surface area contributed by atoms with Crippen molar-refractivity contribution < 1.29 is 67.7 Å². The third kappa shape index (κ3) is 13.3. The molecule has 0 radical (unpaired) electrons. The van der Waals surface area contributed by atoms with E-state index in [4.69, 9.17) is 29.5 Å². The fraction of sp³-hybridized carbons (Fsp3) is 0.395. The maximum atomic E-state index is 13.1. The van der Waals surface area contributed by atoms with Crippen LogP contribution in [0.25, 0.3) is 16.9 Å². The molecule has 1 saturated carbocycles. The molecule has 1 aliphatic carbocycles. The van der Waals surface area contributed by atoms with Crippen molar-refractivity contribution in [2.45, 2.75) is 57.9 Å². The van der Waals surface area contributed by atoms with Gasteiger partial charge in [0.1, 0.15) is 11.4 Å². The summed E-state index contributed by atoms with van der Waals surface area (Å²) < 4.78 is 16.9. The molecule has 2 aromatic heterocycles. The number of para-hydroxylation sites is 2. The number of carbonyl (C=O) groups excluding carboxylic acids is 3. The number of piperazine rings is 1. The number of hydrogen-bond donors (Lipinski definition) is 4. The Hall–Kier alpha value is -3.99. The third-order valence-electron chi connectivity index (χ3n) is 9.25. The maximum absolute atomic E-state index is 13.1. The van der Waals surface area contributed by atoms with E-state index in [1.807, 2.05) is 30.3 Å². The molecule has 5 N–H and O–H groups in total.